The molecule has 2 heterocycles. The Kier molecular flexibility index (Phi) is 6.25. The summed E-state index contributed by atoms with van der Waals surface area (Å²) in [5.74, 6) is 0.0841. The van der Waals surface area contributed by atoms with Crippen LogP contribution in [0.15, 0.2) is 60.7 Å². The van der Waals surface area contributed by atoms with Crippen LogP contribution in [-0.4, -0.2) is 65.8 Å². The van der Waals surface area contributed by atoms with Crippen LogP contribution in [0.2, 0.25) is 0 Å². The van der Waals surface area contributed by atoms with Gasteiger partial charge in [0, 0.05) is 52.2 Å². The number of piperazine rings is 1. The van der Waals surface area contributed by atoms with Crippen LogP contribution >= 0.6 is 0 Å². The molecule has 0 aliphatic carbocycles. The van der Waals surface area contributed by atoms with Crippen LogP contribution in [0.1, 0.15) is 17.5 Å². The zero-order chi connectivity index (χ0) is 20.1. The summed E-state index contributed by atoms with van der Waals surface area (Å²) in [4.78, 5) is 31.6. The summed E-state index contributed by atoms with van der Waals surface area (Å²) in [5, 5.41) is 0. The SMILES string of the molecule is O=C1C[C@H](C(=O)N2CCN(Cc3ccccc3)CC2)CN1CCc1ccccc1. The summed E-state index contributed by atoms with van der Waals surface area (Å²) in [5.41, 5.74) is 2.53. The summed E-state index contributed by atoms with van der Waals surface area (Å²) in [6.07, 6.45) is 1.20. The fourth-order valence-corrected chi connectivity index (χ4v) is 4.29. The molecular formula is C24H29N3O2. The average molecular weight is 392 g/mol. The lowest BCUT2D eigenvalue weighted by Gasteiger charge is -2.36. The normalized spacial score (nSPS) is 20.3. The molecule has 29 heavy (non-hydrogen) atoms. The lowest BCUT2D eigenvalue weighted by atomic mass is 10.1. The van der Waals surface area contributed by atoms with E-state index in [2.05, 4.69) is 41.3 Å². The van der Waals surface area contributed by atoms with E-state index >= 15 is 0 Å². The fraction of sp³-hybridized carbons (Fsp3) is 0.417. The van der Waals surface area contributed by atoms with Crippen molar-refractivity contribution in [3.05, 3.63) is 71.8 Å². The molecule has 0 spiro atoms. The summed E-state index contributed by atoms with van der Waals surface area (Å²) < 4.78 is 0. The molecule has 5 nitrogen and oxygen atoms in total. The molecule has 2 aromatic rings. The number of amides is 2. The number of rotatable bonds is 6. The molecule has 1 atom stereocenters. The number of carbonyl (C=O) groups excluding carboxylic acids is 2. The number of hydrogen-bond donors (Lipinski definition) is 0. The zero-order valence-corrected chi connectivity index (χ0v) is 16.9. The smallest absolute Gasteiger partial charge is 0.228 e. The van der Waals surface area contributed by atoms with Crippen molar-refractivity contribution in [3.8, 4) is 0 Å². The monoisotopic (exact) mass is 391 g/mol. The highest BCUT2D eigenvalue weighted by molar-refractivity contribution is 5.89. The largest absolute Gasteiger partial charge is 0.342 e. The molecule has 0 N–H and O–H groups in total. The van der Waals surface area contributed by atoms with Crippen LogP contribution < -0.4 is 0 Å². The van der Waals surface area contributed by atoms with Crippen LogP contribution in [0.5, 0.6) is 0 Å². The van der Waals surface area contributed by atoms with Crippen LogP contribution in [0.25, 0.3) is 0 Å². The van der Waals surface area contributed by atoms with E-state index in [0.717, 1.165) is 39.1 Å². The van der Waals surface area contributed by atoms with Gasteiger partial charge in [-0.3, -0.25) is 14.5 Å². The van der Waals surface area contributed by atoms with E-state index in [1.807, 2.05) is 34.1 Å². The van der Waals surface area contributed by atoms with Gasteiger partial charge in [-0.25, -0.2) is 0 Å². The van der Waals surface area contributed by atoms with Gasteiger partial charge in [0.2, 0.25) is 11.8 Å². The molecule has 0 aromatic heterocycles. The van der Waals surface area contributed by atoms with Gasteiger partial charge in [0.1, 0.15) is 0 Å². The van der Waals surface area contributed by atoms with E-state index in [9.17, 15) is 9.59 Å². The number of likely N-dealkylation sites (tertiary alicyclic amines) is 1. The molecule has 0 bridgehead atoms. The van der Waals surface area contributed by atoms with Crippen molar-refractivity contribution >= 4 is 11.8 Å². The van der Waals surface area contributed by atoms with Crippen molar-refractivity contribution in [1.29, 1.82) is 0 Å². The number of carbonyl (C=O) groups is 2. The van der Waals surface area contributed by atoms with Gasteiger partial charge in [0.25, 0.3) is 0 Å². The van der Waals surface area contributed by atoms with Gasteiger partial charge >= 0.3 is 0 Å². The second kappa shape index (κ2) is 9.23. The Labute approximate surface area is 172 Å². The molecule has 2 aliphatic heterocycles. The first-order valence-corrected chi connectivity index (χ1v) is 10.6. The zero-order valence-electron chi connectivity index (χ0n) is 16.9. The van der Waals surface area contributed by atoms with Gasteiger partial charge in [0.15, 0.2) is 0 Å². The predicted octanol–water partition coefficient (Wildman–Crippen LogP) is 2.42. The maximum Gasteiger partial charge on any atom is 0.228 e. The van der Waals surface area contributed by atoms with Crippen molar-refractivity contribution in [2.75, 3.05) is 39.3 Å². The Hall–Kier alpha value is -2.66. The standard InChI is InChI=1S/C24H29N3O2/c28-23-17-22(19-27(23)12-11-20-7-3-1-4-8-20)24(29)26-15-13-25(14-16-26)18-21-9-5-2-6-10-21/h1-10,22H,11-19H2/t22-/m0/s1. The molecule has 5 heteroatoms. The number of nitrogens with zero attached hydrogens (tertiary/aromatic N) is 3. The van der Waals surface area contributed by atoms with Gasteiger partial charge in [0.05, 0.1) is 5.92 Å². The molecule has 2 aliphatic rings. The summed E-state index contributed by atoms with van der Waals surface area (Å²) in [7, 11) is 0. The number of benzene rings is 2. The lowest BCUT2D eigenvalue weighted by molar-refractivity contribution is -0.137. The average Bonchev–Trinajstić information content (AvgIpc) is 3.14. The van der Waals surface area contributed by atoms with E-state index in [4.69, 9.17) is 0 Å². The Morgan fingerprint density at radius 3 is 2.14 bits per heavy atom. The van der Waals surface area contributed by atoms with Gasteiger partial charge in [-0.05, 0) is 17.5 Å². The van der Waals surface area contributed by atoms with E-state index in [1.54, 1.807) is 0 Å². The first kappa shape index (κ1) is 19.6. The molecule has 0 radical (unpaired) electrons. The van der Waals surface area contributed by atoms with Crippen molar-refractivity contribution in [2.24, 2.45) is 5.92 Å². The Balaban J connectivity index is 1.24. The van der Waals surface area contributed by atoms with E-state index < -0.39 is 0 Å². The Morgan fingerprint density at radius 2 is 1.48 bits per heavy atom. The molecule has 2 fully saturated rings. The predicted molar refractivity (Wildman–Crippen MR) is 113 cm³/mol. The van der Waals surface area contributed by atoms with E-state index in [0.29, 0.717) is 19.5 Å². The molecular weight excluding hydrogens is 362 g/mol. The van der Waals surface area contributed by atoms with Crippen molar-refractivity contribution in [1.82, 2.24) is 14.7 Å². The highest BCUT2D eigenvalue weighted by Gasteiger charge is 2.37. The molecule has 0 saturated carbocycles. The lowest BCUT2D eigenvalue weighted by Crippen LogP contribution is -2.50. The molecule has 2 saturated heterocycles. The molecule has 2 amide bonds. The summed E-state index contributed by atoms with van der Waals surface area (Å²) in [6.45, 7) is 5.46. The first-order valence-electron chi connectivity index (χ1n) is 10.6. The highest BCUT2D eigenvalue weighted by Crippen LogP contribution is 2.21. The topological polar surface area (TPSA) is 43.9 Å². The molecule has 4 rings (SSSR count). The van der Waals surface area contributed by atoms with Crippen LogP contribution in [0, 0.1) is 5.92 Å². The summed E-state index contributed by atoms with van der Waals surface area (Å²) in [6, 6.07) is 20.7. The second-order valence-corrected chi connectivity index (χ2v) is 8.06. The minimum absolute atomic E-state index is 0.113. The third-order valence-electron chi connectivity index (χ3n) is 6.01. The Morgan fingerprint density at radius 1 is 0.862 bits per heavy atom. The fourth-order valence-electron chi connectivity index (χ4n) is 4.29. The van der Waals surface area contributed by atoms with Crippen LogP contribution in [-0.2, 0) is 22.6 Å². The van der Waals surface area contributed by atoms with Crippen molar-refractivity contribution in [3.63, 3.8) is 0 Å². The van der Waals surface area contributed by atoms with Crippen LogP contribution in [0.4, 0.5) is 0 Å². The first-order chi connectivity index (χ1) is 14.2. The van der Waals surface area contributed by atoms with Gasteiger partial charge in [-0.2, -0.15) is 0 Å². The molecule has 0 unspecified atom stereocenters. The highest BCUT2D eigenvalue weighted by atomic mass is 16.2. The summed E-state index contributed by atoms with van der Waals surface area (Å²) >= 11 is 0. The molecule has 152 valence electrons. The quantitative estimate of drug-likeness (QED) is 0.760. The van der Waals surface area contributed by atoms with Crippen LogP contribution in [0.3, 0.4) is 0 Å². The van der Waals surface area contributed by atoms with Gasteiger partial charge < -0.3 is 9.80 Å². The van der Waals surface area contributed by atoms with Gasteiger partial charge in [-0.1, -0.05) is 60.7 Å². The van der Waals surface area contributed by atoms with Crippen molar-refractivity contribution in [2.45, 2.75) is 19.4 Å². The molecule has 2 aromatic carbocycles. The minimum Gasteiger partial charge on any atom is -0.342 e. The number of hydrogen-bond acceptors (Lipinski definition) is 3. The second-order valence-electron chi connectivity index (χ2n) is 8.06. The maximum atomic E-state index is 13.0. The van der Waals surface area contributed by atoms with E-state index in [-0.39, 0.29) is 17.7 Å². The van der Waals surface area contributed by atoms with Crippen molar-refractivity contribution < 1.29 is 9.59 Å². The third-order valence-corrected chi connectivity index (χ3v) is 6.01. The van der Waals surface area contributed by atoms with E-state index in [1.165, 1.54) is 11.1 Å². The maximum absolute atomic E-state index is 13.0. The van der Waals surface area contributed by atoms with Gasteiger partial charge in [-0.15, -0.1) is 0 Å². The minimum atomic E-state index is -0.182. The third kappa shape index (κ3) is 5.04. The Bertz CT molecular complexity index is 817.